The Kier molecular flexibility index (Phi) is 4.12. The second kappa shape index (κ2) is 6.59. The van der Waals surface area contributed by atoms with Gasteiger partial charge in [-0.05, 0) is 29.8 Å². The molecule has 0 radical (unpaired) electrons. The number of ether oxygens (including phenoxy) is 2. The first-order chi connectivity index (χ1) is 12.6. The molecule has 2 aromatic rings. The van der Waals surface area contributed by atoms with Crippen LogP contribution in [0, 0.1) is 5.92 Å². The summed E-state index contributed by atoms with van der Waals surface area (Å²) in [6, 6.07) is 11.9. The van der Waals surface area contributed by atoms with Gasteiger partial charge in [-0.25, -0.2) is 0 Å². The van der Waals surface area contributed by atoms with E-state index >= 15 is 0 Å². The Morgan fingerprint density at radius 1 is 1.19 bits per heavy atom. The highest BCUT2D eigenvalue weighted by Crippen LogP contribution is 2.33. The molecule has 7 nitrogen and oxygen atoms in total. The average Bonchev–Trinajstić information content (AvgIpc) is 3.21. The van der Waals surface area contributed by atoms with Crippen LogP contribution < -0.4 is 14.8 Å². The number of nitrogens with one attached hydrogen (secondary N) is 1. The smallest absolute Gasteiger partial charge is 0.231 e. The molecular formula is C19H18N2O5. The molecule has 1 saturated heterocycles. The number of hydrogen-bond acceptors (Lipinski definition) is 5. The van der Waals surface area contributed by atoms with Crippen LogP contribution >= 0.6 is 0 Å². The summed E-state index contributed by atoms with van der Waals surface area (Å²) in [6.45, 7) is 0.988. The first-order valence-electron chi connectivity index (χ1n) is 8.35. The van der Waals surface area contributed by atoms with Crippen LogP contribution in [0.4, 0.5) is 5.69 Å². The first-order valence-corrected chi connectivity index (χ1v) is 8.35. The lowest BCUT2D eigenvalue weighted by atomic mass is 10.1. The van der Waals surface area contributed by atoms with Gasteiger partial charge in [0.05, 0.1) is 5.92 Å². The second-order valence-electron chi connectivity index (χ2n) is 6.40. The summed E-state index contributed by atoms with van der Waals surface area (Å²) >= 11 is 0. The molecule has 2 N–H and O–H groups in total. The van der Waals surface area contributed by atoms with E-state index in [0.717, 1.165) is 5.56 Å². The van der Waals surface area contributed by atoms with Gasteiger partial charge in [0.2, 0.25) is 18.6 Å². The van der Waals surface area contributed by atoms with Crippen LogP contribution in [0.15, 0.2) is 42.5 Å². The largest absolute Gasteiger partial charge is 0.508 e. The van der Waals surface area contributed by atoms with Crippen LogP contribution in [0.25, 0.3) is 0 Å². The lowest BCUT2D eigenvalue weighted by molar-refractivity contribution is -0.128. The number of anilines is 1. The van der Waals surface area contributed by atoms with Gasteiger partial charge in [0, 0.05) is 31.3 Å². The molecule has 1 atom stereocenters. The number of benzene rings is 2. The van der Waals surface area contributed by atoms with Gasteiger partial charge in [0.25, 0.3) is 0 Å². The molecule has 26 heavy (non-hydrogen) atoms. The quantitative estimate of drug-likeness (QED) is 0.878. The minimum atomic E-state index is -0.418. The van der Waals surface area contributed by atoms with E-state index in [9.17, 15) is 14.7 Å². The molecule has 2 heterocycles. The monoisotopic (exact) mass is 354 g/mol. The Balaban J connectivity index is 1.39. The third-order valence-corrected chi connectivity index (χ3v) is 4.51. The van der Waals surface area contributed by atoms with E-state index < -0.39 is 5.92 Å². The van der Waals surface area contributed by atoms with Gasteiger partial charge in [-0.15, -0.1) is 0 Å². The highest BCUT2D eigenvalue weighted by atomic mass is 16.7. The number of carbonyl (C=O) groups excluding carboxylic acids is 2. The number of amides is 2. The molecule has 0 bridgehead atoms. The van der Waals surface area contributed by atoms with E-state index in [4.69, 9.17) is 9.47 Å². The minimum absolute atomic E-state index is 0.0567. The van der Waals surface area contributed by atoms with Gasteiger partial charge in [0.1, 0.15) is 5.75 Å². The molecule has 2 aliphatic heterocycles. The van der Waals surface area contributed by atoms with Crippen molar-refractivity contribution in [2.75, 3.05) is 18.7 Å². The average molecular weight is 354 g/mol. The Hall–Kier alpha value is -3.22. The summed E-state index contributed by atoms with van der Waals surface area (Å²) in [7, 11) is 0. The Labute approximate surface area is 150 Å². The van der Waals surface area contributed by atoms with Gasteiger partial charge in [-0.1, -0.05) is 12.1 Å². The van der Waals surface area contributed by atoms with Crippen molar-refractivity contribution in [1.82, 2.24) is 4.90 Å². The molecule has 1 unspecified atom stereocenters. The topological polar surface area (TPSA) is 88.1 Å². The van der Waals surface area contributed by atoms with E-state index in [-0.39, 0.29) is 30.8 Å². The zero-order valence-electron chi connectivity index (χ0n) is 14.0. The van der Waals surface area contributed by atoms with Crippen molar-refractivity contribution in [3.8, 4) is 17.2 Å². The molecule has 2 aromatic carbocycles. The summed E-state index contributed by atoms with van der Waals surface area (Å²) in [5.41, 5.74) is 1.44. The zero-order chi connectivity index (χ0) is 18.1. The van der Waals surface area contributed by atoms with Crippen LogP contribution in [0.1, 0.15) is 12.0 Å². The number of nitrogens with zero attached hydrogens (tertiary/aromatic N) is 1. The number of fused-ring (bicyclic) bond motifs is 1. The van der Waals surface area contributed by atoms with E-state index in [1.54, 1.807) is 17.0 Å². The Bertz CT molecular complexity index is 867. The number of rotatable bonds is 4. The highest BCUT2D eigenvalue weighted by molar-refractivity contribution is 5.97. The predicted molar refractivity (Wildman–Crippen MR) is 92.8 cm³/mol. The fraction of sp³-hybridized carbons (Fsp3) is 0.263. The number of likely N-dealkylation sites (tertiary alicyclic amines) is 1. The molecule has 1 fully saturated rings. The number of phenols is 1. The maximum absolute atomic E-state index is 12.4. The Morgan fingerprint density at radius 2 is 2.04 bits per heavy atom. The Morgan fingerprint density at radius 3 is 2.88 bits per heavy atom. The fourth-order valence-corrected chi connectivity index (χ4v) is 3.19. The lowest BCUT2D eigenvalue weighted by Gasteiger charge is -2.17. The van der Waals surface area contributed by atoms with E-state index in [0.29, 0.717) is 30.3 Å². The molecule has 4 rings (SSSR count). The minimum Gasteiger partial charge on any atom is -0.508 e. The van der Waals surface area contributed by atoms with Crippen LogP contribution in [0.3, 0.4) is 0 Å². The molecule has 134 valence electrons. The second-order valence-corrected chi connectivity index (χ2v) is 6.40. The number of hydrogen-bond donors (Lipinski definition) is 2. The molecule has 0 aromatic heterocycles. The molecule has 0 spiro atoms. The summed E-state index contributed by atoms with van der Waals surface area (Å²) in [5.74, 6) is 0.752. The number of carbonyl (C=O) groups is 2. The van der Waals surface area contributed by atoms with Gasteiger partial charge in [0.15, 0.2) is 11.5 Å². The van der Waals surface area contributed by atoms with Crippen molar-refractivity contribution < 1.29 is 24.2 Å². The fourth-order valence-electron chi connectivity index (χ4n) is 3.19. The van der Waals surface area contributed by atoms with Crippen LogP contribution in [-0.4, -0.2) is 35.2 Å². The molecule has 2 amide bonds. The van der Waals surface area contributed by atoms with Gasteiger partial charge in [-0.2, -0.15) is 0 Å². The molecule has 0 aliphatic carbocycles. The van der Waals surface area contributed by atoms with Crippen LogP contribution in [0.5, 0.6) is 17.2 Å². The van der Waals surface area contributed by atoms with Crippen molar-refractivity contribution >= 4 is 17.5 Å². The van der Waals surface area contributed by atoms with Crippen molar-refractivity contribution in [3.63, 3.8) is 0 Å². The zero-order valence-corrected chi connectivity index (χ0v) is 14.0. The first kappa shape index (κ1) is 16.3. The predicted octanol–water partition coefficient (Wildman–Crippen LogP) is 2.11. The summed E-state index contributed by atoms with van der Waals surface area (Å²) < 4.78 is 10.6. The van der Waals surface area contributed by atoms with Crippen LogP contribution in [0.2, 0.25) is 0 Å². The summed E-state index contributed by atoms with van der Waals surface area (Å²) in [4.78, 5) is 26.4. The molecule has 0 saturated carbocycles. The molecular weight excluding hydrogens is 336 g/mol. The van der Waals surface area contributed by atoms with Crippen molar-refractivity contribution in [1.29, 1.82) is 0 Å². The van der Waals surface area contributed by atoms with Crippen molar-refractivity contribution in [2.45, 2.75) is 13.0 Å². The summed E-state index contributed by atoms with van der Waals surface area (Å²) in [5, 5.41) is 12.2. The molecule has 7 heteroatoms. The van der Waals surface area contributed by atoms with Gasteiger partial charge >= 0.3 is 0 Å². The standard InChI is InChI=1S/C19H18N2O5/c22-15-3-1-2-14(8-15)20-19(24)13-7-18(23)21(10-13)9-12-4-5-16-17(6-12)26-11-25-16/h1-6,8,13,22H,7,9-11H2,(H,20,24). The van der Waals surface area contributed by atoms with Crippen molar-refractivity contribution in [3.05, 3.63) is 48.0 Å². The lowest BCUT2D eigenvalue weighted by Crippen LogP contribution is -2.28. The number of aromatic hydroxyl groups is 1. The maximum Gasteiger partial charge on any atom is 0.231 e. The highest BCUT2D eigenvalue weighted by Gasteiger charge is 2.34. The molecule has 2 aliphatic rings. The van der Waals surface area contributed by atoms with E-state index in [1.165, 1.54) is 12.1 Å². The number of phenolic OH excluding ortho intramolecular Hbond substituents is 1. The summed E-state index contributed by atoms with van der Waals surface area (Å²) in [6.07, 6.45) is 0.176. The van der Waals surface area contributed by atoms with E-state index in [2.05, 4.69) is 5.32 Å². The van der Waals surface area contributed by atoms with Crippen LogP contribution in [-0.2, 0) is 16.1 Å². The van der Waals surface area contributed by atoms with Crippen molar-refractivity contribution in [2.24, 2.45) is 5.92 Å². The third-order valence-electron chi connectivity index (χ3n) is 4.51. The third kappa shape index (κ3) is 3.28. The van der Waals surface area contributed by atoms with E-state index in [1.807, 2.05) is 18.2 Å². The SMILES string of the molecule is O=C(Nc1cccc(O)c1)C1CC(=O)N(Cc2ccc3c(c2)OCO3)C1. The van der Waals surface area contributed by atoms with Gasteiger partial charge in [-0.3, -0.25) is 9.59 Å². The van der Waals surface area contributed by atoms with Gasteiger partial charge < -0.3 is 24.8 Å². The maximum atomic E-state index is 12.4. The normalized spacial score (nSPS) is 18.2.